The van der Waals surface area contributed by atoms with E-state index < -0.39 is 5.82 Å². The molecule has 12 heavy (non-hydrogen) atoms. The maximum absolute atomic E-state index is 10.3. The Balaban J connectivity index is 2.33. The molecule has 0 N–H and O–H groups in total. The maximum atomic E-state index is 10.3. The Kier molecular flexibility index (Phi) is 2.68. The molecule has 1 aromatic heterocycles. The topological polar surface area (TPSA) is 69.7 Å². The second-order valence-electron chi connectivity index (χ2n) is 2.14. The molecule has 0 spiro atoms. The smallest absolute Gasteiger partial charge is 0.465 e. The molecule has 0 saturated heterocycles. The lowest BCUT2D eigenvalue weighted by Crippen LogP contribution is -2.02. The molecule has 0 atom stereocenters. The van der Waals surface area contributed by atoms with E-state index in [1.165, 1.54) is 13.2 Å². The van der Waals surface area contributed by atoms with Crippen molar-refractivity contribution in [2.24, 2.45) is 0 Å². The molecule has 1 heterocycles. The second-order valence-corrected chi connectivity index (χ2v) is 2.14. The van der Waals surface area contributed by atoms with E-state index in [1.54, 1.807) is 0 Å². The molecule has 66 valence electrons. The fourth-order valence-electron chi connectivity index (χ4n) is 0.674. The number of hydrogen-bond donors (Lipinski definition) is 0. The standard InChI is InChI=1S/C7H8O5/c1-5(8)10-3-2-6-4-11-7(9)12-6/h4H,2-3H2,1H3. The lowest BCUT2D eigenvalue weighted by molar-refractivity contribution is -0.140. The summed E-state index contributed by atoms with van der Waals surface area (Å²) in [5, 5.41) is 0. The normalized spacial score (nSPS) is 9.75. The second kappa shape index (κ2) is 3.75. The van der Waals surface area contributed by atoms with Crippen LogP contribution in [-0.4, -0.2) is 12.6 Å². The van der Waals surface area contributed by atoms with Crippen molar-refractivity contribution in [2.75, 3.05) is 6.61 Å². The number of carbonyl (C=O) groups excluding carboxylic acids is 1. The van der Waals surface area contributed by atoms with E-state index in [9.17, 15) is 9.59 Å². The van der Waals surface area contributed by atoms with Gasteiger partial charge in [0.05, 0.1) is 6.61 Å². The number of carbonyl (C=O) groups is 1. The van der Waals surface area contributed by atoms with E-state index in [4.69, 9.17) is 0 Å². The molecule has 0 amide bonds. The van der Waals surface area contributed by atoms with Gasteiger partial charge in [-0.2, -0.15) is 0 Å². The van der Waals surface area contributed by atoms with Gasteiger partial charge in [0.1, 0.15) is 12.0 Å². The van der Waals surface area contributed by atoms with E-state index in [0.717, 1.165) is 0 Å². The summed E-state index contributed by atoms with van der Waals surface area (Å²) in [6.07, 6.45) is 1.55. The fraction of sp³-hybridized carbons (Fsp3) is 0.429. The van der Waals surface area contributed by atoms with Crippen LogP contribution in [0.3, 0.4) is 0 Å². The SMILES string of the molecule is CC(=O)OCCc1coc(=O)o1. The summed E-state index contributed by atoms with van der Waals surface area (Å²) in [7, 11) is 0. The van der Waals surface area contributed by atoms with Crippen LogP contribution < -0.4 is 5.82 Å². The van der Waals surface area contributed by atoms with Gasteiger partial charge < -0.3 is 13.6 Å². The van der Waals surface area contributed by atoms with Crippen LogP contribution in [0.4, 0.5) is 0 Å². The number of esters is 1. The summed E-state index contributed by atoms with van der Waals surface area (Å²) in [6.45, 7) is 1.50. The van der Waals surface area contributed by atoms with Crippen LogP contribution in [-0.2, 0) is 16.0 Å². The molecule has 0 aliphatic carbocycles. The molecule has 0 aliphatic heterocycles. The van der Waals surface area contributed by atoms with Crippen LogP contribution in [0.2, 0.25) is 0 Å². The summed E-state index contributed by atoms with van der Waals surface area (Å²) in [5.74, 6) is -0.727. The molecule has 0 saturated carbocycles. The minimum atomic E-state index is -0.743. The van der Waals surface area contributed by atoms with Crippen LogP contribution in [0.5, 0.6) is 0 Å². The van der Waals surface area contributed by atoms with Crippen molar-refractivity contribution in [1.29, 1.82) is 0 Å². The Morgan fingerprint density at radius 2 is 2.42 bits per heavy atom. The van der Waals surface area contributed by atoms with Crippen LogP contribution in [0.15, 0.2) is 19.9 Å². The Morgan fingerprint density at radius 1 is 1.67 bits per heavy atom. The molecule has 5 nitrogen and oxygen atoms in total. The zero-order chi connectivity index (χ0) is 8.97. The first-order valence-corrected chi connectivity index (χ1v) is 3.39. The predicted octanol–water partition coefficient (Wildman–Crippen LogP) is 0.338. The zero-order valence-corrected chi connectivity index (χ0v) is 6.53. The van der Waals surface area contributed by atoms with Gasteiger partial charge in [-0.3, -0.25) is 4.79 Å². The summed E-state index contributed by atoms with van der Waals surface area (Å²) in [5.41, 5.74) is 0. The maximum Gasteiger partial charge on any atom is 0.518 e. The average molecular weight is 172 g/mol. The van der Waals surface area contributed by atoms with E-state index >= 15 is 0 Å². The van der Waals surface area contributed by atoms with Crippen molar-refractivity contribution in [3.05, 3.63) is 22.6 Å². The predicted molar refractivity (Wildman–Crippen MR) is 37.6 cm³/mol. The van der Waals surface area contributed by atoms with Crippen molar-refractivity contribution in [2.45, 2.75) is 13.3 Å². The van der Waals surface area contributed by atoms with Gasteiger partial charge in [0.2, 0.25) is 0 Å². The van der Waals surface area contributed by atoms with Crippen molar-refractivity contribution in [3.63, 3.8) is 0 Å². The van der Waals surface area contributed by atoms with Gasteiger partial charge >= 0.3 is 11.8 Å². The van der Waals surface area contributed by atoms with Crippen molar-refractivity contribution in [1.82, 2.24) is 0 Å². The van der Waals surface area contributed by atoms with Crippen LogP contribution in [0, 0.1) is 0 Å². The highest BCUT2D eigenvalue weighted by Gasteiger charge is 2.01. The van der Waals surface area contributed by atoms with E-state index in [1.807, 2.05) is 0 Å². The number of ether oxygens (including phenoxy) is 1. The molecule has 0 unspecified atom stereocenters. The highest BCUT2D eigenvalue weighted by Crippen LogP contribution is 1.96. The molecular weight excluding hydrogens is 164 g/mol. The molecule has 0 aromatic carbocycles. The van der Waals surface area contributed by atoms with Gasteiger partial charge in [-0.25, -0.2) is 4.79 Å². The molecule has 1 aromatic rings. The van der Waals surface area contributed by atoms with E-state index in [2.05, 4.69) is 13.6 Å². The van der Waals surface area contributed by atoms with Crippen LogP contribution in [0.25, 0.3) is 0 Å². The van der Waals surface area contributed by atoms with Crippen molar-refractivity contribution < 1.29 is 18.4 Å². The van der Waals surface area contributed by atoms with Gasteiger partial charge in [-0.1, -0.05) is 0 Å². The number of hydrogen-bond acceptors (Lipinski definition) is 5. The van der Waals surface area contributed by atoms with Crippen molar-refractivity contribution in [3.8, 4) is 0 Å². The first-order chi connectivity index (χ1) is 5.68. The minimum absolute atomic E-state index is 0.192. The van der Waals surface area contributed by atoms with Crippen LogP contribution >= 0.6 is 0 Å². The van der Waals surface area contributed by atoms with Crippen LogP contribution in [0.1, 0.15) is 12.7 Å². The Labute approximate surface area is 67.9 Å². The molecular formula is C7H8O5. The third kappa shape index (κ3) is 2.61. The minimum Gasteiger partial charge on any atom is -0.465 e. The van der Waals surface area contributed by atoms with Crippen molar-refractivity contribution >= 4 is 5.97 Å². The zero-order valence-electron chi connectivity index (χ0n) is 6.53. The highest BCUT2D eigenvalue weighted by molar-refractivity contribution is 5.65. The monoisotopic (exact) mass is 172 g/mol. The first-order valence-electron chi connectivity index (χ1n) is 3.39. The lowest BCUT2D eigenvalue weighted by Gasteiger charge is -1.96. The summed E-state index contributed by atoms with van der Waals surface area (Å²) in [4.78, 5) is 20.6. The van der Waals surface area contributed by atoms with E-state index in [-0.39, 0.29) is 12.6 Å². The average Bonchev–Trinajstić information content (AvgIpc) is 2.35. The molecule has 5 heteroatoms. The molecule has 0 radical (unpaired) electrons. The van der Waals surface area contributed by atoms with Gasteiger partial charge in [0.15, 0.2) is 0 Å². The molecule has 0 bridgehead atoms. The van der Waals surface area contributed by atoms with E-state index in [0.29, 0.717) is 12.2 Å². The lowest BCUT2D eigenvalue weighted by atomic mass is 10.4. The van der Waals surface area contributed by atoms with Gasteiger partial charge in [-0.05, 0) is 0 Å². The molecule has 0 fully saturated rings. The summed E-state index contributed by atoms with van der Waals surface area (Å²) >= 11 is 0. The highest BCUT2D eigenvalue weighted by atomic mass is 16.6. The Morgan fingerprint density at radius 3 is 2.92 bits per heavy atom. The van der Waals surface area contributed by atoms with Gasteiger partial charge in [0.25, 0.3) is 0 Å². The third-order valence-electron chi connectivity index (χ3n) is 1.15. The summed E-state index contributed by atoms with van der Waals surface area (Å²) in [6, 6.07) is 0. The molecule has 1 rings (SSSR count). The molecule has 0 aliphatic rings. The number of rotatable bonds is 3. The first kappa shape index (κ1) is 8.58. The van der Waals surface area contributed by atoms with Gasteiger partial charge in [-0.15, -0.1) is 0 Å². The summed E-state index contributed by atoms with van der Waals surface area (Å²) < 4.78 is 13.5. The largest absolute Gasteiger partial charge is 0.518 e. The Hall–Kier alpha value is -1.52. The third-order valence-corrected chi connectivity index (χ3v) is 1.15. The van der Waals surface area contributed by atoms with Gasteiger partial charge in [0, 0.05) is 13.3 Å². The fourth-order valence-corrected chi connectivity index (χ4v) is 0.674. The quantitative estimate of drug-likeness (QED) is 0.615. The Bertz CT molecular complexity index is 308.